The highest BCUT2D eigenvalue weighted by atomic mass is 14.4. The summed E-state index contributed by atoms with van der Waals surface area (Å²) in [6, 6.07) is 22.0. The van der Waals surface area contributed by atoms with Crippen LogP contribution in [-0.2, 0) is 0 Å². The predicted octanol–water partition coefficient (Wildman–Crippen LogP) is 11.3. The third kappa shape index (κ3) is 25.0. The molecule has 0 fully saturated rings. The molecule has 0 aliphatic carbocycles. The molecule has 0 bridgehead atoms. The first-order chi connectivity index (χ1) is 17.0. The molecule has 0 saturated carbocycles. The molecule has 204 valence electrons. The Balaban J connectivity index is -0.000000288. The van der Waals surface area contributed by atoms with Crippen LogP contribution < -0.4 is 5.73 Å². The van der Waals surface area contributed by atoms with Gasteiger partial charge in [0.1, 0.15) is 0 Å². The average Bonchev–Trinajstić information content (AvgIpc) is 2.92. The van der Waals surface area contributed by atoms with E-state index in [1.54, 1.807) is 0 Å². The van der Waals surface area contributed by atoms with Crippen LogP contribution in [0.3, 0.4) is 0 Å². The summed E-state index contributed by atoms with van der Waals surface area (Å²) in [4.78, 5) is 0. The smallest absolute Gasteiger partial charge is 0.0115 e. The zero-order chi connectivity index (χ0) is 27.9. The van der Waals surface area contributed by atoms with E-state index in [2.05, 4.69) is 128 Å². The SMILES string of the molecule is C=C.CC.CCC.CCC(C)C.CCCCCCC(C)C(c1ccccc1)c1ccccc1.CN. The Kier molecular flexibility index (Phi) is 39.5. The zero-order valence-corrected chi connectivity index (χ0v) is 25.4. The second-order valence-electron chi connectivity index (χ2n) is 8.63. The molecule has 0 heterocycles. The lowest BCUT2D eigenvalue weighted by molar-refractivity contribution is 0.445. The van der Waals surface area contributed by atoms with Gasteiger partial charge in [-0.1, -0.05) is 162 Å². The van der Waals surface area contributed by atoms with Crippen molar-refractivity contribution in [3.8, 4) is 0 Å². The second-order valence-corrected chi connectivity index (χ2v) is 8.63. The summed E-state index contributed by atoms with van der Waals surface area (Å²) in [5.41, 5.74) is 7.40. The number of hydrogen-bond donors (Lipinski definition) is 1. The van der Waals surface area contributed by atoms with Crippen molar-refractivity contribution in [2.45, 2.75) is 113 Å². The van der Waals surface area contributed by atoms with E-state index in [-0.39, 0.29) is 0 Å². The van der Waals surface area contributed by atoms with Crippen molar-refractivity contribution in [1.82, 2.24) is 0 Å². The Labute approximate surface area is 222 Å². The quantitative estimate of drug-likeness (QED) is 0.277. The molecule has 0 aromatic heterocycles. The van der Waals surface area contributed by atoms with Gasteiger partial charge in [-0.15, -0.1) is 13.2 Å². The van der Waals surface area contributed by atoms with Crippen molar-refractivity contribution in [1.29, 1.82) is 0 Å². The van der Waals surface area contributed by atoms with Gasteiger partial charge >= 0.3 is 0 Å². The lowest BCUT2D eigenvalue weighted by atomic mass is 9.79. The highest BCUT2D eigenvalue weighted by Crippen LogP contribution is 2.34. The van der Waals surface area contributed by atoms with Crippen LogP contribution in [0.4, 0.5) is 0 Å². The van der Waals surface area contributed by atoms with Gasteiger partial charge in [0.15, 0.2) is 0 Å². The van der Waals surface area contributed by atoms with Gasteiger partial charge in [-0.2, -0.15) is 0 Å². The summed E-state index contributed by atoms with van der Waals surface area (Å²) in [6.45, 7) is 25.6. The average molecular weight is 486 g/mol. The van der Waals surface area contributed by atoms with Crippen molar-refractivity contribution >= 4 is 0 Å². The maximum atomic E-state index is 4.50. The molecule has 1 heteroatoms. The molecule has 1 unspecified atom stereocenters. The summed E-state index contributed by atoms with van der Waals surface area (Å²) in [6.07, 6.45) is 9.28. The van der Waals surface area contributed by atoms with Crippen molar-refractivity contribution in [2.75, 3.05) is 7.05 Å². The fourth-order valence-electron chi connectivity index (χ4n) is 3.23. The Bertz CT molecular complexity index is 537. The van der Waals surface area contributed by atoms with E-state index in [1.807, 2.05) is 13.8 Å². The Morgan fingerprint density at radius 3 is 1.29 bits per heavy atom. The molecule has 1 nitrogen and oxygen atoms in total. The van der Waals surface area contributed by atoms with Gasteiger partial charge in [-0.25, -0.2) is 0 Å². The summed E-state index contributed by atoms with van der Waals surface area (Å²) in [7, 11) is 1.50. The van der Waals surface area contributed by atoms with E-state index in [4.69, 9.17) is 0 Å². The molecule has 35 heavy (non-hydrogen) atoms. The first-order valence-corrected chi connectivity index (χ1v) is 14.2. The van der Waals surface area contributed by atoms with E-state index in [0.717, 1.165) is 5.92 Å². The van der Waals surface area contributed by atoms with Crippen LogP contribution in [-0.4, -0.2) is 7.05 Å². The lowest BCUT2D eigenvalue weighted by Gasteiger charge is -2.25. The molecule has 2 aromatic rings. The summed E-state index contributed by atoms with van der Waals surface area (Å²) in [5.74, 6) is 2.09. The van der Waals surface area contributed by atoms with Crippen molar-refractivity contribution in [3.05, 3.63) is 84.9 Å². The van der Waals surface area contributed by atoms with Crippen molar-refractivity contribution in [3.63, 3.8) is 0 Å². The van der Waals surface area contributed by atoms with Crippen LogP contribution in [0.15, 0.2) is 73.8 Å². The Morgan fingerprint density at radius 1 is 0.657 bits per heavy atom. The minimum Gasteiger partial charge on any atom is -0.333 e. The molecule has 0 amide bonds. The molecule has 0 saturated heterocycles. The molecule has 0 aliphatic rings. The molecular formula is C34H63N. The van der Waals surface area contributed by atoms with Gasteiger partial charge in [0.25, 0.3) is 0 Å². The molecular weight excluding hydrogens is 422 g/mol. The molecule has 2 N–H and O–H groups in total. The first kappa shape index (κ1) is 40.3. The second kappa shape index (κ2) is 34.3. The van der Waals surface area contributed by atoms with Gasteiger partial charge < -0.3 is 5.73 Å². The molecule has 0 radical (unpaired) electrons. The van der Waals surface area contributed by atoms with Crippen LogP contribution in [0.25, 0.3) is 0 Å². The zero-order valence-electron chi connectivity index (χ0n) is 25.4. The normalized spacial score (nSPS) is 9.86. The summed E-state index contributed by atoms with van der Waals surface area (Å²) < 4.78 is 0. The fraction of sp³-hybridized carbons (Fsp3) is 0.588. The fourth-order valence-corrected chi connectivity index (χ4v) is 3.23. The number of nitrogens with two attached hydrogens (primary N) is 1. The Hall–Kier alpha value is -1.86. The predicted molar refractivity (Wildman–Crippen MR) is 166 cm³/mol. The van der Waals surface area contributed by atoms with Crippen LogP contribution in [0.1, 0.15) is 124 Å². The summed E-state index contributed by atoms with van der Waals surface area (Å²) >= 11 is 0. The van der Waals surface area contributed by atoms with Gasteiger partial charge in [-0.05, 0) is 36.4 Å². The standard InChI is InChI=1S/C21H28.C5H12.C3H8.C2H6.C2H4.CH5N/c1-3-4-5-8-13-18(2)21(19-14-9-6-10-15-19)20-16-11-7-12-17-20;1-4-5(2)3;1-3-2;3*1-2/h6-7,9-12,14-18,21H,3-5,8,13H2,1-2H3;5H,4H2,1-3H3;3H2,1-2H3;1-2H3;1-2H2;2H2,1H3. The van der Waals surface area contributed by atoms with E-state index in [1.165, 1.54) is 63.1 Å². The number of rotatable bonds is 9. The van der Waals surface area contributed by atoms with E-state index in [0.29, 0.717) is 11.8 Å². The van der Waals surface area contributed by atoms with Gasteiger partial charge in [0, 0.05) is 5.92 Å². The summed E-state index contributed by atoms with van der Waals surface area (Å²) in [5, 5.41) is 0. The van der Waals surface area contributed by atoms with E-state index >= 15 is 0 Å². The van der Waals surface area contributed by atoms with Crippen LogP contribution >= 0.6 is 0 Å². The largest absolute Gasteiger partial charge is 0.333 e. The highest BCUT2D eigenvalue weighted by molar-refractivity contribution is 5.33. The van der Waals surface area contributed by atoms with Crippen LogP contribution in [0.5, 0.6) is 0 Å². The highest BCUT2D eigenvalue weighted by Gasteiger charge is 2.20. The van der Waals surface area contributed by atoms with Crippen LogP contribution in [0, 0.1) is 11.8 Å². The Morgan fingerprint density at radius 2 is 1.00 bits per heavy atom. The minimum absolute atomic E-state index is 0.522. The molecule has 2 aromatic carbocycles. The van der Waals surface area contributed by atoms with Crippen molar-refractivity contribution in [2.24, 2.45) is 17.6 Å². The topological polar surface area (TPSA) is 26.0 Å². The van der Waals surface area contributed by atoms with Gasteiger partial charge in [0.05, 0.1) is 0 Å². The maximum absolute atomic E-state index is 4.50. The third-order valence-corrected chi connectivity index (χ3v) is 5.22. The molecule has 2 rings (SSSR count). The third-order valence-electron chi connectivity index (χ3n) is 5.22. The molecule has 0 spiro atoms. The molecule has 1 atom stereocenters. The van der Waals surface area contributed by atoms with Gasteiger partial charge in [0.2, 0.25) is 0 Å². The number of hydrogen-bond acceptors (Lipinski definition) is 1. The van der Waals surface area contributed by atoms with Crippen LogP contribution in [0.2, 0.25) is 0 Å². The molecule has 0 aliphatic heterocycles. The maximum Gasteiger partial charge on any atom is 0.0115 e. The van der Waals surface area contributed by atoms with Gasteiger partial charge in [-0.3, -0.25) is 0 Å². The minimum atomic E-state index is 0.522. The lowest BCUT2D eigenvalue weighted by Crippen LogP contribution is -2.11. The monoisotopic (exact) mass is 485 g/mol. The first-order valence-electron chi connectivity index (χ1n) is 14.2. The number of benzene rings is 2. The van der Waals surface area contributed by atoms with E-state index < -0.39 is 0 Å². The number of unbranched alkanes of at least 4 members (excludes halogenated alkanes) is 3. The van der Waals surface area contributed by atoms with E-state index in [9.17, 15) is 0 Å². The van der Waals surface area contributed by atoms with Crippen molar-refractivity contribution < 1.29 is 0 Å².